The zero-order valence-corrected chi connectivity index (χ0v) is 20.4. The van der Waals surface area contributed by atoms with Crippen molar-refractivity contribution in [2.24, 2.45) is 24.8 Å². The van der Waals surface area contributed by atoms with E-state index in [4.69, 9.17) is 19.3 Å². The third-order valence-electron chi connectivity index (χ3n) is 7.84. The zero-order valence-electron chi connectivity index (χ0n) is 20.4. The van der Waals surface area contributed by atoms with Crippen molar-refractivity contribution in [1.82, 2.24) is 20.0 Å². The summed E-state index contributed by atoms with van der Waals surface area (Å²) in [6.45, 7) is 0.738. The first-order chi connectivity index (χ1) is 17.2. The lowest BCUT2D eigenvalue weighted by Gasteiger charge is -2.25. The molecule has 4 aliphatic rings. The van der Waals surface area contributed by atoms with Crippen molar-refractivity contribution in [2.45, 2.75) is 38.5 Å². The molecule has 3 heterocycles. The van der Waals surface area contributed by atoms with Gasteiger partial charge in [-0.1, -0.05) is 31.7 Å². The summed E-state index contributed by atoms with van der Waals surface area (Å²) in [7, 11) is 3.52. The highest BCUT2D eigenvalue weighted by molar-refractivity contribution is 5.77. The highest BCUT2D eigenvalue weighted by Gasteiger charge is 2.34. The Balaban J connectivity index is 1.33. The Hall–Kier alpha value is -3.19. The summed E-state index contributed by atoms with van der Waals surface area (Å²) in [5.74, 6) is 3.79. The summed E-state index contributed by atoms with van der Waals surface area (Å²) >= 11 is 0. The van der Waals surface area contributed by atoms with Crippen LogP contribution in [0.3, 0.4) is 0 Å². The average molecular weight is 473 g/mol. The number of ether oxygens (including phenoxy) is 3. The van der Waals surface area contributed by atoms with E-state index in [-0.39, 0.29) is 6.79 Å². The molecule has 35 heavy (non-hydrogen) atoms. The highest BCUT2D eigenvalue weighted by Crippen LogP contribution is 2.48. The van der Waals surface area contributed by atoms with Gasteiger partial charge in [-0.05, 0) is 59.9 Å². The molecular weight excluding hydrogens is 440 g/mol. The normalized spacial score (nSPS) is 23.3. The molecule has 182 valence electrons. The van der Waals surface area contributed by atoms with Crippen LogP contribution < -0.4 is 9.47 Å². The van der Waals surface area contributed by atoms with Gasteiger partial charge >= 0.3 is 0 Å². The molecule has 2 bridgehead atoms. The molecule has 3 aliphatic carbocycles. The van der Waals surface area contributed by atoms with Gasteiger partial charge in [0.05, 0.1) is 6.20 Å². The fraction of sp³-hybridized carbons (Fsp3) is 0.464. The minimum Gasteiger partial charge on any atom is -0.487 e. The lowest BCUT2D eigenvalue weighted by Crippen LogP contribution is -2.15. The van der Waals surface area contributed by atoms with E-state index >= 15 is 0 Å². The van der Waals surface area contributed by atoms with E-state index in [9.17, 15) is 0 Å². The Morgan fingerprint density at radius 1 is 1.03 bits per heavy atom. The molecule has 0 amide bonds. The Labute approximate surface area is 206 Å². The number of aryl methyl sites for hydroxylation is 1. The largest absolute Gasteiger partial charge is 0.487 e. The minimum atomic E-state index is 0.148. The molecule has 1 aromatic carbocycles. The lowest BCUT2D eigenvalue weighted by atomic mass is 9.84. The van der Waals surface area contributed by atoms with E-state index in [0.29, 0.717) is 18.3 Å². The van der Waals surface area contributed by atoms with Crippen LogP contribution in [0.4, 0.5) is 0 Å². The van der Waals surface area contributed by atoms with Gasteiger partial charge in [-0.15, -0.1) is 10.2 Å². The SMILES string of the molecule is COCOc1cc(-c2cnn(C)c2)ccc1-c1cc2c(nn1)C(C1C[C@H]3CC[C@H](CC3)C1)=CCO2. The number of hydrogen-bond acceptors (Lipinski definition) is 6. The van der Waals surface area contributed by atoms with E-state index in [1.54, 1.807) is 11.8 Å². The fourth-order valence-electron chi connectivity index (χ4n) is 6.08. The summed E-state index contributed by atoms with van der Waals surface area (Å²) in [4.78, 5) is 0. The third kappa shape index (κ3) is 4.45. The van der Waals surface area contributed by atoms with Gasteiger partial charge in [0, 0.05) is 37.5 Å². The van der Waals surface area contributed by atoms with Crippen LogP contribution in [0.1, 0.15) is 44.2 Å². The number of fused-ring (bicyclic) bond motifs is 5. The van der Waals surface area contributed by atoms with Crippen LogP contribution in [-0.4, -0.2) is 40.5 Å². The van der Waals surface area contributed by atoms with Gasteiger partial charge in [-0.3, -0.25) is 4.68 Å². The molecule has 0 atom stereocenters. The van der Waals surface area contributed by atoms with Crippen molar-refractivity contribution in [2.75, 3.05) is 20.5 Å². The van der Waals surface area contributed by atoms with Gasteiger partial charge in [0.1, 0.15) is 29.5 Å². The minimum absolute atomic E-state index is 0.148. The molecule has 7 heteroatoms. The van der Waals surface area contributed by atoms with Crippen LogP contribution in [0, 0.1) is 17.8 Å². The Kier molecular flexibility index (Phi) is 6.02. The molecule has 3 saturated carbocycles. The maximum absolute atomic E-state index is 6.07. The molecular formula is C28H32N4O3. The predicted octanol–water partition coefficient (Wildman–Crippen LogP) is 5.52. The molecule has 3 aromatic rings. The molecule has 0 spiro atoms. The number of nitrogens with zero attached hydrogens (tertiary/aromatic N) is 4. The van der Waals surface area contributed by atoms with E-state index in [1.807, 2.05) is 37.6 Å². The number of allylic oxidation sites excluding steroid dienone is 1. The van der Waals surface area contributed by atoms with Crippen LogP contribution in [-0.2, 0) is 11.8 Å². The standard InChI is InChI=1S/C28H32N4O3/c1-32-16-22(15-29-32)20-7-8-24(26(13-20)35-17-33-2)25-14-27-28(31-30-25)23(9-10-34-27)21-11-18-3-4-19(12-21)6-5-18/h7-9,13-16,18-19,21H,3-6,10-12,17H2,1-2H3/t18-,19+,21?. The second-order valence-electron chi connectivity index (χ2n) is 10.1. The van der Waals surface area contributed by atoms with Crippen molar-refractivity contribution in [1.29, 1.82) is 0 Å². The molecule has 3 fully saturated rings. The van der Waals surface area contributed by atoms with Crippen molar-refractivity contribution in [3.8, 4) is 33.9 Å². The van der Waals surface area contributed by atoms with Gasteiger partial charge < -0.3 is 14.2 Å². The number of hydrogen-bond donors (Lipinski definition) is 0. The predicted molar refractivity (Wildman–Crippen MR) is 134 cm³/mol. The molecule has 0 unspecified atom stereocenters. The first-order valence-corrected chi connectivity index (χ1v) is 12.6. The quantitative estimate of drug-likeness (QED) is 0.440. The summed E-state index contributed by atoms with van der Waals surface area (Å²) in [6, 6.07) is 8.09. The van der Waals surface area contributed by atoms with E-state index in [2.05, 4.69) is 22.3 Å². The Bertz CT molecular complexity index is 1230. The zero-order chi connectivity index (χ0) is 23.8. The second-order valence-corrected chi connectivity index (χ2v) is 10.1. The molecule has 0 N–H and O–H groups in total. The molecule has 7 rings (SSSR count). The monoisotopic (exact) mass is 472 g/mol. The van der Waals surface area contributed by atoms with Crippen LogP contribution in [0.5, 0.6) is 11.5 Å². The molecule has 7 nitrogen and oxygen atoms in total. The van der Waals surface area contributed by atoms with E-state index in [0.717, 1.165) is 45.7 Å². The van der Waals surface area contributed by atoms with E-state index in [1.165, 1.54) is 44.1 Å². The number of rotatable bonds is 6. The van der Waals surface area contributed by atoms with Crippen molar-refractivity contribution in [3.05, 3.63) is 48.4 Å². The van der Waals surface area contributed by atoms with Crippen molar-refractivity contribution < 1.29 is 14.2 Å². The van der Waals surface area contributed by atoms with Crippen LogP contribution in [0.15, 0.2) is 42.7 Å². The summed E-state index contributed by atoms with van der Waals surface area (Å²) < 4.78 is 19.0. The molecule has 0 radical (unpaired) electrons. The maximum atomic E-state index is 6.07. The highest BCUT2D eigenvalue weighted by atomic mass is 16.7. The number of aromatic nitrogens is 4. The van der Waals surface area contributed by atoms with E-state index < -0.39 is 0 Å². The topological polar surface area (TPSA) is 71.3 Å². The third-order valence-corrected chi connectivity index (χ3v) is 7.84. The first kappa shape index (κ1) is 22.3. The average Bonchev–Trinajstić information content (AvgIpc) is 3.10. The molecule has 1 aliphatic heterocycles. The summed E-state index contributed by atoms with van der Waals surface area (Å²) in [5.41, 5.74) is 5.88. The molecule has 0 saturated heterocycles. The van der Waals surface area contributed by atoms with Gasteiger partial charge in [0.15, 0.2) is 6.79 Å². The Morgan fingerprint density at radius 2 is 1.83 bits per heavy atom. The van der Waals surface area contributed by atoms with Crippen LogP contribution >= 0.6 is 0 Å². The van der Waals surface area contributed by atoms with Gasteiger partial charge in [0.25, 0.3) is 0 Å². The Morgan fingerprint density at radius 3 is 2.54 bits per heavy atom. The van der Waals surface area contributed by atoms with Crippen LogP contribution in [0.2, 0.25) is 0 Å². The van der Waals surface area contributed by atoms with Crippen molar-refractivity contribution in [3.63, 3.8) is 0 Å². The summed E-state index contributed by atoms with van der Waals surface area (Å²) in [6.07, 6.45) is 14.2. The smallest absolute Gasteiger partial charge is 0.188 e. The van der Waals surface area contributed by atoms with Crippen molar-refractivity contribution >= 4 is 5.57 Å². The number of methoxy groups -OCH3 is 1. The van der Waals surface area contributed by atoms with Gasteiger partial charge in [0.2, 0.25) is 0 Å². The van der Waals surface area contributed by atoms with Gasteiger partial charge in [-0.25, -0.2) is 0 Å². The maximum Gasteiger partial charge on any atom is 0.188 e. The first-order valence-electron chi connectivity index (χ1n) is 12.6. The van der Waals surface area contributed by atoms with Crippen LogP contribution in [0.25, 0.3) is 28.0 Å². The summed E-state index contributed by atoms with van der Waals surface area (Å²) in [5, 5.41) is 13.7. The number of benzene rings is 1. The van der Waals surface area contributed by atoms with Gasteiger partial charge in [-0.2, -0.15) is 5.10 Å². The second kappa shape index (κ2) is 9.46. The molecule has 2 aromatic heterocycles. The fourth-order valence-corrected chi connectivity index (χ4v) is 6.08. The lowest BCUT2D eigenvalue weighted by molar-refractivity contribution is 0.0515.